The third kappa shape index (κ3) is 6.21. The topological polar surface area (TPSA) is 46.1 Å². The molecule has 1 unspecified atom stereocenters. The van der Waals surface area contributed by atoms with Crippen LogP contribution < -0.4 is 4.90 Å². The summed E-state index contributed by atoms with van der Waals surface area (Å²) in [5.74, 6) is 0.631. The number of aromatic nitrogens is 2. The number of carbonyl (C=O) groups excluding carboxylic acids is 1. The smallest absolute Gasteiger partial charge is 0.234 e. The van der Waals surface area contributed by atoms with Crippen molar-refractivity contribution in [3.63, 3.8) is 0 Å². The lowest BCUT2D eigenvalue weighted by Crippen LogP contribution is -2.46. The molecule has 0 aliphatic heterocycles. The number of rotatable bonds is 9. The predicted molar refractivity (Wildman–Crippen MR) is 101 cm³/mol. The SMILES string of the molecule is CCCCCC(C)N(C(=O)C(C)(C)C)c1ncc(CCCC)cn1. The van der Waals surface area contributed by atoms with Gasteiger partial charge in [0.15, 0.2) is 0 Å². The monoisotopic (exact) mass is 333 g/mol. The highest BCUT2D eigenvalue weighted by Crippen LogP contribution is 2.25. The van der Waals surface area contributed by atoms with Crippen LogP contribution in [0.4, 0.5) is 5.95 Å². The Hall–Kier alpha value is -1.45. The van der Waals surface area contributed by atoms with Crippen LogP contribution >= 0.6 is 0 Å². The molecule has 0 bridgehead atoms. The van der Waals surface area contributed by atoms with Gasteiger partial charge in [-0.2, -0.15) is 0 Å². The number of amides is 1. The lowest BCUT2D eigenvalue weighted by atomic mass is 9.93. The summed E-state index contributed by atoms with van der Waals surface area (Å²) in [7, 11) is 0. The maximum absolute atomic E-state index is 12.9. The summed E-state index contributed by atoms with van der Waals surface area (Å²) in [4.78, 5) is 23.8. The van der Waals surface area contributed by atoms with Crippen LogP contribution in [0.2, 0.25) is 0 Å². The molecule has 0 saturated heterocycles. The van der Waals surface area contributed by atoms with Crippen LogP contribution in [0, 0.1) is 5.41 Å². The number of hydrogen-bond donors (Lipinski definition) is 0. The molecule has 0 saturated carbocycles. The van der Waals surface area contributed by atoms with Crippen molar-refractivity contribution in [2.75, 3.05) is 4.90 Å². The largest absolute Gasteiger partial charge is 0.277 e. The zero-order valence-electron chi connectivity index (χ0n) is 16.4. The Morgan fingerprint density at radius 1 is 1.08 bits per heavy atom. The van der Waals surface area contributed by atoms with Crippen LogP contribution in [0.25, 0.3) is 0 Å². The van der Waals surface area contributed by atoms with Gasteiger partial charge >= 0.3 is 0 Å². The molecule has 0 radical (unpaired) electrons. The van der Waals surface area contributed by atoms with E-state index in [1.165, 1.54) is 12.8 Å². The first-order valence-electron chi connectivity index (χ1n) is 9.45. The summed E-state index contributed by atoms with van der Waals surface area (Å²) in [6.07, 6.45) is 11.5. The van der Waals surface area contributed by atoms with Crippen molar-refractivity contribution in [1.29, 1.82) is 0 Å². The van der Waals surface area contributed by atoms with E-state index < -0.39 is 5.41 Å². The van der Waals surface area contributed by atoms with Crippen LogP contribution in [-0.2, 0) is 11.2 Å². The predicted octanol–water partition coefficient (Wildman–Crippen LogP) is 5.17. The van der Waals surface area contributed by atoms with Crippen molar-refractivity contribution >= 4 is 11.9 Å². The van der Waals surface area contributed by atoms with Gasteiger partial charge in [0.1, 0.15) is 0 Å². The van der Waals surface area contributed by atoms with Crippen molar-refractivity contribution in [3.8, 4) is 0 Å². The maximum Gasteiger partial charge on any atom is 0.234 e. The second kappa shape index (κ2) is 9.75. The van der Waals surface area contributed by atoms with Crippen molar-refractivity contribution in [2.24, 2.45) is 5.41 Å². The first-order valence-corrected chi connectivity index (χ1v) is 9.45. The van der Waals surface area contributed by atoms with Gasteiger partial charge in [0.2, 0.25) is 11.9 Å². The molecule has 136 valence electrons. The molecule has 1 heterocycles. The van der Waals surface area contributed by atoms with E-state index in [9.17, 15) is 4.79 Å². The molecule has 0 fully saturated rings. The molecule has 24 heavy (non-hydrogen) atoms. The molecular formula is C20H35N3O. The number of carbonyl (C=O) groups is 1. The average Bonchev–Trinajstić information content (AvgIpc) is 2.53. The fourth-order valence-corrected chi connectivity index (χ4v) is 2.65. The lowest BCUT2D eigenvalue weighted by Gasteiger charge is -2.32. The van der Waals surface area contributed by atoms with E-state index in [0.29, 0.717) is 5.95 Å². The first-order chi connectivity index (χ1) is 11.3. The fraction of sp³-hybridized carbons (Fsp3) is 0.750. The van der Waals surface area contributed by atoms with Crippen LogP contribution in [0.5, 0.6) is 0 Å². The minimum absolute atomic E-state index is 0.0906. The van der Waals surface area contributed by atoms with Crippen molar-refractivity contribution in [1.82, 2.24) is 9.97 Å². The van der Waals surface area contributed by atoms with Gasteiger partial charge in [-0.25, -0.2) is 9.97 Å². The molecule has 1 rings (SSSR count). The minimum Gasteiger partial charge on any atom is -0.277 e. The molecule has 0 N–H and O–H groups in total. The number of anilines is 1. The molecule has 0 aliphatic rings. The molecule has 4 heteroatoms. The van der Waals surface area contributed by atoms with E-state index in [-0.39, 0.29) is 11.9 Å². The normalized spacial score (nSPS) is 12.9. The number of aryl methyl sites for hydroxylation is 1. The summed E-state index contributed by atoms with van der Waals surface area (Å²) >= 11 is 0. The van der Waals surface area contributed by atoms with Gasteiger partial charge in [-0.15, -0.1) is 0 Å². The molecule has 0 aliphatic carbocycles. The second-order valence-electron chi connectivity index (χ2n) is 7.76. The van der Waals surface area contributed by atoms with Crippen LogP contribution in [0.3, 0.4) is 0 Å². The van der Waals surface area contributed by atoms with E-state index >= 15 is 0 Å². The van der Waals surface area contributed by atoms with Crippen LogP contribution in [0.15, 0.2) is 12.4 Å². The van der Waals surface area contributed by atoms with E-state index in [2.05, 4.69) is 30.7 Å². The van der Waals surface area contributed by atoms with Crippen molar-refractivity contribution in [2.45, 2.75) is 92.5 Å². The molecule has 1 atom stereocenters. The summed E-state index contributed by atoms with van der Waals surface area (Å²) in [6, 6.07) is 0.116. The molecule has 0 spiro atoms. The third-order valence-corrected chi connectivity index (χ3v) is 4.25. The third-order valence-electron chi connectivity index (χ3n) is 4.25. The molecule has 1 aromatic rings. The summed E-state index contributed by atoms with van der Waals surface area (Å²) in [5, 5.41) is 0. The van der Waals surface area contributed by atoms with E-state index in [1.54, 1.807) is 4.90 Å². The molecular weight excluding hydrogens is 298 g/mol. The quantitative estimate of drug-likeness (QED) is 0.586. The zero-order chi connectivity index (χ0) is 18.2. The summed E-state index contributed by atoms with van der Waals surface area (Å²) in [6.45, 7) is 12.3. The summed E-state index contributed by atoms with van der Waals surface area (Å²) in [5.41, 5.74) is 0.700. The van der Waals surface area contributed by atoms with E-state index in [1.807, 2.05) is 33.2 Å². The highest BCUT2D eigenvalue weighted by molar-refractivity contribution is 5.95. The number of hydrogen-bond acceptors (Lipinski definition) is 3. The van der Waals surface area contributed by atoms with Crippen LogP contribution in [0.1, 0.15) is 85.6 Å². The molecule has 4 nitrogen and oxygen atoms in total. The second-order valence-corrected chi connectivity index (χ2v) is 7.76. The first kappa shape index (κ1) is 20.6. The van der Waals surface area contributed by atoms with Gasteiger partial charge in [0.05, 0.1) is 0 Å². The number of nitrogens with zero attached hydrogens (tertiary/aromatic N) is 3. The Morgan fingerprint density at radius 2 is 1.67 bits per heavy atom. The van der Waals surface area contributed by atoms with Gasteiger partial charge in [-0.05, 0) is 31.7 Å². The maximum atomic E-state index is 12.9. The van der Waals surface area contributed by atoms with E-state index in [0.717, 1.165) is 37.7 Å². The fourth-order valence-electron chi connectivity index (χ4n) is 2.65. The van der Waals surface area contributed by atoms with Crippen LogP contribution in [-0.4, -0.2) is 21.9 Å². The minimum atomic E-state index is -0.441. The zero-order valence-corrected chi connectivity index (χ0v) is 16.4. The highest BCUT2D eigenvalue weighted by Gasteiger charge is 2.32. The summed E-state index contributed by atoms with van der Waals surface area (Å²) < 4.78 is 0. The Labute approximate surface area is 148 Å². The highest BCUT2D eigenvalue weighted by atomic mass is 16.2. The molecule has 1 amide bonds. The van der Waals surface area contributed by atoms with Crippen molar-refractivity contribution in [3.05, 3.63) is 18.0 Å². The Morgan fingerprint density at radius 3 is 2.17 bits per heavy atom. The molecule has 1 aromatic heterocycles. The van der Waals surface area contributed by atoms with Gasteiger partial charge in [0.25, 0.3) is 0 Å². The Kier molecular flexibility index (Phi) is 8.37. The van der Waals surface area contributed by atoms with Gasteiger partial charge in [0, 0.05) is 23.9 Å². The standard InChI is InChI=1S/C20H35N3O/c1-7-9-11-12-16(3)23(18(24)20(4,5)6)19-21-14-17(15-22-19)13-10-8-2/h14-16H,7-13H2,1-6H3. The number of unbranched alkanes of at least 4 members (excludes halogenated alkanes) is 3. The van der Waals surface area contributed by atoms with E-state index in [4.69, 9.17) is 0 Å². The Balaban J connectivity index is 2.97. The van der Waals surface area contributed by atoms with Gasteiger partial charge in [-0.3, -0.25) is 9.69 Å². The van der Waals surface area contributed by atoms with Gasteiger partial charge in [-0.1, -0.05) is 60.3 Å². The lowest BCUT2D eigenvalue weighted by molar-refractivity contribution is -0.126. The Bertz CT molecular complexity index is 491. The van der Waals surface area contributed by atoms with Gasteiger partial charge < -0.3 is 0 Å². The van der Waals surface area contributed by atoms with Crippen molar-refractivity contribution < 1.29 is 4.79 Å². The average molecular weight is 334 g/mol. The molecule has 0 aromatic carbocycles.